The Hall–Kier alpha value is -10.4. The van der Waals surface area contributed by atoms with Crippen LogP contribution in [0.5, 0.6) is 23.0 Å². The summed E-state index contributed by atoms with van der Waals surface area (Å²) in [5.74, 6) is 1.08. The first-order chi connectivity index (χ1) is 42.4. The lowest BCUT2D eigenvalue weighted by atomic mass is 9.95. The maximum absolute atomic E-state index is 12.5. The zero-order valence-electron chi connectivity index (χ0n) is 49.3. The number of rotatable bonds is 11. The topological polar surface area (TPSA) is 93.1 Å². The summed E-state index contributed by atoms with van der Waals surface area (Å²) < 4.78 is 69.5. The molecule has 0 amide bonds. The molecule has 0 aliphatic rings. The van der Waals surface area contributed by atoms with E-state index in [1.54, 1.807) is 37.4 Å². The fourth-order valence-corrected chi connectivity index (χ4v) is 10.4. The van der Waals surface area contributed by atoms with Gasteiger partial charge in [-0.05, 0) is 212 Å². The number of aryl methyl sites for hydroxylation is 4. The predicted molar refractivity (Wildman–Crippen MR) is 354 cm³/mol. The highest BCUT2D eigenvalue weighted by atomic mass is 32.2. The first kappa shape index (κ1) is 62.1. The fraction of sp³-hybridized carbons (Fsp3) is 0.0769. The monoisotopic (exact) mass is 1190 g/mol. The van der Waals surface area contributed by atoms with Crippen molar-refractivity contribution in [1.29, 1.82) is 0 Å². The van der Waals surface area contributed by atoms with E-state index in [1.165, 1.54) is 79.4 Å². The van der Waals surface area contributed by atoms with Crippen LogP contribution in [0.2, 0.25) is 0 Å². The molecule has 0 saturated heterocycles. The summed E-state index contributed by atoms with van der Waals surface area (Å²) in [6.07, 6.45) is 0. The summed E-state index contributed by atoms with van der Waals surface area (Å²) in [5.41, 5.74) is 16.7. The Balaban J connectivity index is 0.000000141. The maximum atomic E-state index is 12.5. The van der Waals surface area contributed by atoms with E-state index in [0.29, 0.717) is 17.1 Å². The highest BCUT2D eigenvalue weighted by Crippen LogP contribution is 2.36. The van der Waals surface area contributed by atoms with Gasteiger partial charge >= 0.3 is 15.6 Å². The second-order valence-corrected chi connectivity index (χ2v) is 22.5. The molecular weight excluding hydrogens is 1120 g/mol. The molecule has 0 radical (unpaired) electrons. The van der Waals surface area contributed by atoms with Crippen LogP contribution in [0.3, 0.4) is 0 Å². The standard InChI is InChI=1S/C20H15F3O3S.C20H18O.2C19H16O/c1-14-10-11-17(13-19(14)15-6-3-2-4-7-15)16-8-5-9-18(12-16)26-27(24,25)20(21,22)23;1-15-11-12-18(17-9-6-10-19(13-17)21-2)14-20(15)16-7-4-3-5-8-16;2*1-14-10-11-17(16-8-5-9-18(20)12-16)13-19(14)15-6-3-2-4-7-15/h2-13H,1H3;3-14H,1-2H3;2*2-13,20H,1H3. The van der Waals surface area contributed by atoms with Gasteiger partial charge in [0.25, 0.3) is 0 Å². The van der Waals surface area contributed by atoms with Crippen LogP contribution < -0.4 is 8.92 Å². The SMILES string of the molecule is COc1cccc(-c2ccc(C)c(-c3ccccc3)c2)c1.Cc1ccc(-c2cccc(O)c2)cc1-c1ccccc1.Cc1ccc(-c2cccc(O)c2)cc1-c1ccccc1.Cc1ccc(-c2cccc(OS(=O)(=O)C(F)(F)F)c2)cc1-c1ccccc1. The van der Waals surface area contributed by atoms with E-state index in [0.717, 1.165) is 50.3 Å². The number of benzene rings is 12. The molecule has 12 rings (SSSR count). The van der Waals surface area contributed by atoms with Crippen molar-refractivity contribution in [2.24, 2.45) is 0 Å². The summed E-state index contributed by atoms with van der Waals surface area (Å²) in [6.45, 7) is 8.35. The second kappa shape index (κ2) is 28.6. The molecule has 0 unspecified atom stereocenters. The Morgan fingerprint density at radius 2 is 0.545 bits per heavy atom. The van der Waals surface area contributed by atoms with Crippen molar-refractivity contribution in [2.75, 3.05) is 7.11 Å². The van der Waals surface area contributed by atoms with Crippen molar-refractivity contribution < 1.29 is 40.7 Å². The van der Waals surface area contributed by atoms with E-state index < -0.39 is 21.4 Å². The van der Waals surface area contributed by atoms with Gasteiger partial charge in [0.2, 0.25) is 0 Å². The summed E-state index contributed by atoms with van der Waals surface area (Å²) >= 11 is 0. The molecule has 0 aliphatic heterocycles. The average molecular weight is 1190 g/mol. The number of methoxy groups -OCH3 is 1. The van der Waals surface area contributed by atoms with Crippen LogP contribution in [0, 0.1) is 27.7 Å². The molecular formula is C78H65F3O6S. The van der Waals surface area contributed by atoms with Gasteiger partial charge in [-0.2, -0.15) is 21.6 Å². The first-order valence-electron chi connectivity index (χ1n) is 28.4. The predicted octanol–water partition coefficient (Wildman–Crippen LogP) is 21.0. The number of aromatic hydroxyl groups is 2. The van der Waals surface area contributed by atoms with Crippen LogP contribution in [0.25, 0.3) is 89.0 Å². The highest BCUT2D eigenvalue weighted by molar-refractivity contribution is 7.88. The van der Waals surface area contributed by atoms with Crippen molar-refractivity contribution in [1.82, 2.24) is 0 Å². The van der Waals surface area contributed by atoms with Crippen LogP contribution in [0.15, 0.2) is 291 Å². The number of hydrogen-bond acceptors (Lipinski definition) is 6. The van der Waals surface area contributed by atoms with Crippen LogP contribution in [-0.2, 0) is 10.1 Å². The lowest BCUT2D eigenvalue weighted by Gasteiger charge is -2.12. The van der Waals surface area contributed by atoms with Crippen molar-refractivity contribution in [3.63, 3.8) is 0 Å². The van der Waals surface area contributed by atoms with Crippen molar-refractivity contribution in [3.05, 3.63) is 313 Å². The Bertz CT molecular complexity index is 4270. The third-order valence-corrected chi connectivity index (χ3v) is 15.7. The molecule has 6 nitrogen and oxygen atoms in total. The van der Waals surface area contributed by atoms with E-state index >= 15 is 0 Å². The van der Waals surface area contributed by atoms with Gasteiger partial charge in [0.05, 0.1) is 7.11 Å². The van der Waals surface area contributed by atoms with Gasteiger partial charge in [-0.25, -0.2) is 0 Å². The minimum Gasteiger partial charge on any atom is -0.508 e. The van der Waals surface area contributed by atoms with E-state index in [2.05, 4.69) is 164 Å². The molecule has 0 atom stereocenters. The van der Waals surface area contributed by atoms with Gasteiger partial charge < -0.3 is 19.1 Å². The van der Waals surface area contributed by atoms with Crippen LogP contribution in [0.4, 0.5) is 13.2 Å². The molecule has 0 aromatic heterocycles. The van der Waals surface area contributed by atoms with Crippen LogP contribution in [0.1, 0.15) is 22.3 Å². The van der Waals surface area contributed by atoms with Crippen LogP contribution in [-0.4, -0.2) is 31.2 Å². The molecule has 12 aromatic carbocycles. The Labute approximate surface area is 513 Å². The number of ether oxygens (including phenoxy) is 1. The minimum absolute atomic E-state index is 0.296. The van der Waals surface area contributed by atoms with E-state index in [1.807, 2.05) is 110 Å². The third kappa shape index (κ3) is 16.1. The third-order valence-electron chi connectivity index (χ3n) is 14.7. The lowest BCUT2D eigenvalue weighted by Crippen LogP contribution is -2.28. The fourth-order valence-electron chi connectivity index (χ4n) is 10.00. The second-order valence-electron chi connectivity index (χ2n) is 20.9. The quantitative estimate of drug-likeness (QED) is 0.0990. The van der Waals surface area contributed by atoms with Crippen LogP contribution >= 0.6 is 0 Å². The summed E-state index contributed by atoms with van der Waals surface area (Å²) in [7, 11) is -4.01. The van der Waals surface area contributed by atoms with Gasteiger partial charge in [0.1, 0.15) is 23.0 Å². The molecule has 12 aromatic rings. The molecule has 0 spiro atoms. The molecule has 440 valence electrons. The molecule has 0 heterocycles. The summed E-state index contributed by atoms with van der Waals surface area (Å²) in [5, 5.41) is 19.2. The van der Waals surface area contributed by atoms with Crippen molar-refractivity contribution in [2.45, 2.75) is 33.2 Å². The number of hydrogen-bond donors (Lipinski definition) is 2. The maximum Gasteiger partial charge on any atom is 0.534 e. The molecule has 0 aliphatic carbocycles. The van der Waals surface area contributed by atoms with Gasteiger partial charge in [-0.3, -0.25) is 0 Å². The largest absolute Gasteiger partial charge is 0.534 e. The summed E-state index contributed by atoms with van der Waals surface area (Å²) in [6, 6.07) is 94.4. The average Bonchev–Trinajstić information content (AvgIpc) is 3.04. The Morgan fingerprint density at radius 1 is 0.295 bits per heavy atom. The molecule has 88 heavy (non-hydrogen) atoms. The Morgan fingerprint density at radius 3 is 0.830 bits per heavy atom. The van der Waals surface area contributed by atoms with Gasteiger partial charge in [-0.1, -0.05) is 218 Å². The van der Waals surface area contributed by atoms with Gasteiger partial charge in [0, 0.05) is 0 Å². The normalized spacial score (nSPS) is 10.9. The molecule has 2 N–H and O–H groups in total. The zero-order valence-corrected chi connectivity index (χ0v) is 50.1. The van der Waals surface area contributed by atoms with E-state index in [-0.39, 0.29) is 0 Å². The minimum atomic E-state index is -5.71. The molecule has 0 bridgehead atoms. The number of alkyl halides is 3. The number of halogens is 3. The van der Waals surface area contributed by atoms with Gasteiger partial charge in [-0.15, -0.1) is 0 Å². The first-order valence-corrected chi connectivity index (χ1v) is 29.8. The van der Waals surface area contributed by atoms with E-state index in [9.17, 15) is 31.8 Å². The smallest absolute Gasteiger partial charge is 0.508 e. The van der Waals surface area contributed by atoms with Crippen molar-refractivity contribution in [3.8, 4) is 112 Å². The van der Waals surface area contributed by atoms with E-state index in [4.69, 9.17) is 4.74 Å². The van der Waals surface area contributed by atoms with Crippen molar-refractivity contribution >= 4 is 10.1 Å². The number of phenols is 2. The van der Waals surface area contributed by atoms with Gasteiger partial charge in [0.15, 0.2) is 0 Å². The zero-order chi connectivity index (χ0) is 62.2. The lowest BCUT2D eigenvalue weighted by molar-refractivity contribution is -0.0500. The number of phenolic OH excluding ortho intramolecular Hbond substituents is 2. The highest BCUT2D eigenvalue weighted by Gasteiger charge is 2.48. The Kier molecular flexibility index (Phi) is 20.2. The molecule has 10 heteroatoms. The molecule has 0 saturated carbocycles. The summed E-state index contributed by atoms with van der Waals surface area (Å²) in [4.78, 5) is 0. The molecule has 0 fully saturated rings.